The van der Waals surface area contributed by atoms with Crippen LogP contribution < -0.4 is 10.2 Å². The summed E-state index contributed by atoms with van der Waals surface area (Å²) in [6.07, 6.45) is -2.35. The van der Waals surface area contributed by atoms with Crippen molar-refractivity contribution in [2.75, 3.05) is 43.1 Å². The Hall–Kier alpha value is -3.93. The lowest BCUT2D eigenvalue weighted by atomic mass is 10.1. The summed E-state index contributed by atoms with van der Waals surface area (Å²) >= 11 is 0. The normalized spacial score (nSPS) is 14.1. The fourth-order valence-electron chi connectivity index (χ4n) is 3.17. The SMILES string of the molecule is O=C(COC(=O)C=Cc1cccc([N+](=O)[O-])c1)Nc1cc(C(F)(F)F)ccc1N1CCOCC1. The second-order valence-corrected chi connectivity index (χ2v) is 7.17. The van der Waals surface area contributed by atoms with E-state index in [-0.39, 0.29) is 11.4 Å². The molecule has 1 N–H and O–H groups in total. The van der Waals surface area contributed by atoms with Crippen molar-refractivity contribution in [3.63, 3.8) is 0 Å². The van der Waals surface area contributed by atoms with E-state index >= 15 is 0 Å². The summed E-state index contributed by atoms with van der Waals surface area (Å²) in [5.41, 5.74) is -0.398. The first-order chi connectivity index (χ1) is 16.1. The predicted molar refractivity (Wildman–Crippen MR) is 116 cm³/mol. The number of carbonyl (C=O) groups is 2. The summed E-state index contributed by atoms with van der Waals surface area (Å²) in [5.74, 6) is -1.73. The monoisotopic (exact) mass is 479 g/mol. The number of halogens is 3. The minimum Gasteiger partial charge on any atom is -0.452 e. The van der Waals surface area contributed by atoms with Crippen LogP contribution in [0.15, 0.2) is 48.5 Å². The van der Waals surface area contributed by atoms with Gasteiger partial charge in [-0.15, -0.1) is 0 Å². The Balaban J connectivity index is 1.64. The molecule has 0 atom stereocenters. The Labute approximate surface area is 191 Å². The van der Waals surface area contributed by atoms with E-state index in [1.165, 1.54) is 36.4 Å². The summed E-state index contributed by atoms with van der Waals surface area (Å²) < 4.78 is 49.6. The highest BCUT2D eigenvalue weighted by Gasteiger charge is 2.32. The van der Waals surface area contributed by atoms with Crippen LogP contribution in [0.2, 0.25) is 0 Å². The molecule has 0 aliphatic carbocycles. The van der Waals surface area contributed by atoms with Crippen LogP contribution >= 0.6 is 0 Å². The Morgan fingerprint density at radius 1 is 1.18 bits per heavy atom. The predicted octanol–water partition coefficient (Wildman–Crippen LogP) is 3.65. The standard InChI is InChI=1S/C22H20F3N3O6/c23-22(24,25)16-5-6-19(27-8-10-33-11-9-27)18(13-16)26-20(29)14-34-21(30)7-4-15-2-1-3-17(12-15)28(31)32/h1-7,12-13H,8-11,14H2,(H,26,29). The molecule has 2 aromatic rings. The molecule has 0 unspecified atom stereocenters. The third-order valence-corrected chi connectivity index (χ3v) is 4.79. The van der Waals surface area contributed by atoms with Crippen LogP contribution in [0.5, 0.6) is 0 Å². The van der Waals surface area contributed by atoms with Crippen molar-refractivity contribution in [3.8, 4) is 0 Å². The number of nitro benzene ring substituents is 1. The lowest BCUT2D eigenvalue weighted by Gasteiger charge is -2.31. The van der Waals surface area contributed by atoms with Gasteiger partial charge in [-0.1, -0.05) is 12.1 Å². The minimum atomic E-state index is -4.60. The number of hydrogen-bond acceptors (Lipinski definition) is 7. The zero-order valence-corrected chi connectivity index (χ0v) is 17.7. The van der Waals surface area contributed by atoms with Gasteiger partial charge in [0, 0.05) is 31.3 Å². The number of hydrogen-bond donors (Lipinski definition) is 1. The van der Waals surface area contributed by atoms with Gasteiger partial charge < -0.3 is 19.7 Å². The molecule has 3 rings (SSSR count). The number of non-ortho nitro benzene ring substituents is 1. The fraction of sp³-hybridized carbons (Fsp3) is 0.273. The van der Waals surface area contributed by atoms with Crippen LogP contribution in [0.3, 0.4) is 0 Å². The molecule has 0 aromatic heterocycles. The van der Waals surface area contributed by atoms with Crippen molar-refractivity contribution >= 4 is 35.0 Å². The number of carbonyl (C=O) groups excluding carboxylic acids is 2. The maximum absolute atomic E-state index is 13.2. The highest BCUT2D eigenvalue weighted by atomic mass is 19.4. The first-order valence-corrected chi connectivity index (χ1v) is 10.1. The maximum atomic E-state index is 13.2. The number of ether oxygens (including phenoxy) is 2. The lowest BCUT2D eigenvalue weighted by molar-refractivity contribution is -0.384. The Morgan fingerprint density at radius 3 is 2.59 bits per heavy atom. The minimum absolute atomic E-state index is 0.0649. The molecule has 9 nitrogen and oxygen atoms in total. The second-order valence-electron chi connectivity index (χ2n) is 7.17. The third kappa shape index (κ3) is 6.78. The van der Waals surface area contributed by atoms with Gasteiger partial charge in [-0.05, 0) is 29.8 Å². The van der Waals surface area contributed by atoms with Crippen molar-refractivity contribution in [1.82, 2.24) is 0 Å². The van der Waals surface area contributed by atoms with E-state index in [1.807, 2.05) is 0 Å². The van der Waals surface area contributed by atoms with Gasteiger partial charge >= 0.3 is 12.1 Å². The molecule has 1 saturated heterocycles. The number of rotatable bonds is 7. The van der Waals surface area contributed by atoms with Gasteiger partial charge in [0.1, 0.15) is 0 Å². The maximum Gasteiger partial charge on any atom is 0.416 e. The van der Waals surface area contributed by atoms with E-state index in [1.54, 1.807) is 4.90 Å². The van der Waals surface area contributed by atoms with E-state index in [2.05, 4.69) is 5.32 Å². The van der Waals surface area contributed by atoms with Gasteiger partial charge in [0.15, 0.2) is 6.61 Å². The van der Waals surface area contributed by atoms with Crippen molar-refractivity contribution in [2.24, 2.45) is 0 Å². The summed E-state index contributed by atoms with van der Waals surface area (Å²) in [6, 6.07) is 8.54. The zero-order chi connectivity index (χ0) is 24.7. The van der Waals surface area contributed by atoms with E-state index in [9.17, 15) is 32.9 Å². The molecule has 1 aliphatic heterocycles. The van der Waals surface area contributed by atoms with E-state index in [0.29, 0.717) is 37.6 Å². The first-order valence-electron chi connectivity index (χ1n) is 10.1. The Morgan fingerprint density at radius 2 is 1.91 bits per heavy atom. The van der Waals surface area contributed by atoms with Crippen LogP contribution in [-0.2, 0) is 25.2 Å². The molecule has 34 heavy (non-hydrogen) atoms. The molecule has 1 heterocycles. The van der Waals surface area contributed by atoms with Crippen molar-refractivity contribution in [3.05, 3.63) is 69.8 Å². The Kier molecular flexibility index (Phi) is 7.84. The van der Waals surface area contributed by atoms with Crippen molar-refractivity contribution in [2.45, 2.75) is 6.18 Å². The number of nitrogens with one attached hydrogen (secondary N) is 1. The lowest BCUT2D eigenvalue weighted by Crippen LogP contribution is -2.37. The Bertz CT molecular complexity index is 1100. The van der Waals surface area contributed by atoms with Crippen LogP contribution in [0, 0.1) is 10.1 Å². The first kappa shape index (κ1) is 24.7. The smallest absolute Gasteiger partial charge is 0.416 e. The second kappa shape index (κ2) is 10.8. The zero-order valence-electron chi connectivity index (χ0n) is 17.7. The molecule has 0 bridgehead atoms. The summed E-state index contributed by atoms with van der Waals surface area (Å²) in [5, 5.41) is 13.2. The van der Waals surface area contributed by atoms with Gasteiger partial charge in [0.2, 0.25) is 0 Å². The largest absolute Gasteiger partial charge is 0.452 e. The average Bonchev–Trinajstić information content (AvgIpc) is 2.81. The molecule has 0 spiro atoms. The number of anilines is 2. The fourth-order valence-corrected chi connectivity index (χ4v) is 3.17. The highest BCUT2D eigenvalue weighted by Crippen LogP contribution is 2.35. The number of amides is 1. The molecule has 12 heteroatoms. The molecule has 1 amide bonds. The van der Waals surface area contributed by atoms with Crippen molar-refractivity contribution < 1.29 is 37.2 Å². The quantitative estimate of drug-likeness (QED) is 0.279. The summed E-state index contributed by atoms with van der Waals surface area (Å²) in [7, 11) is 0. The molecule has 180 valence electrons. The number of benzene rings is 2. The summed E-state index contributed by atoms with van der Waals surface area (Å²) in [6.45, 7) is 0.917. The average molecular weight is 479 g/mol. The highest BCUT2D eigenvalue weighted by molar-refractivity contribution is 5.97. The topological polar surface area (TPSA) is 111 Å². The third-order valence-electron chi connectivity index (χ3n) is 4.79. The molecule has 2 aromatic carbocycles. The van der Waals surface area contributed by atoms with Gasteiger partial charge in [0.25, 0.3) is 11.6 Å². The number of nitro groups is 1. The number of esters is 1. The summed E-state index contributed by atoms with van der Waals surface area (Å²) in [4.78, 5) is 36.2. The van der Waals surface area contributed by atoms with Gasteiger partial charge in [-0.25, -0.2) is 4.79 Å². The van der Waals surface area contributed by atoms with E-state index < -0.39 is 35.1 Å². The number of morpholine rings is 1. The molecule has 1 fully saturated rings. The van der Waals surface area contributed by atoms with E-state index in [0.717, 1.165) is 18.2 Å². The van der Waals surface area contributed by atoms with E-state index in [4.69, 9.17) is 9.47 Å². The molecular formula is C22H20F3N3O6. The van der Waals surface area contributed by atoms with Crippen LogP contribution in [-0.4, -0.2) is 49.7 Å². The van der Waals surface area contributed by atoms with Gasteiger partial charge in [-0.2, -0.15) is 13.2 Å². The van der Waals surface area contributed by atoms with Gasteiger partial charge in [0.05, 0.1) is 35.1 Å². The molecule has 1 aliphatic rings. The molecule has 0 saturated carbocycles. The van der Waals surface area contributed by atoms with Crippen molar-refractivity contribution in [1.29, 1.82) is 0 Å². The van der Waals surface area contributed by atoms with Crippen LogP contribution in [0.25, 0.3) is 6.08 Å². The number of nitrogens with zero attached hydrogens (tertiary/aromatic N) is 2. The number of alkyl halides is 3. The van der Waals surface area contributed by atoms with Gasteiger partial charge in [-0.3, -0.25) is 14.9 Å². The molecule has 0 radical (unpaired) electrons. The van der Waals surface area contributed by atoms with Crippen LogP contribution in [0.1, 0.15) is 11.1 Å². The molecular weight excluding hydrogens is 459 g/mol. The van der Waals surface area contributed by atoms with Crippen LogP contribution in [0.4, 0.5) is 30.2 Å².